The van der Waals surface area contributed by atoms with Crippen LogP contribution in [0.1, 0.15) is 11.1 Å². The van der Waals surface area contributed by atoms with Gasteiger partial charge < -0.3 is 9.88 Å². The Morgan fingerprint density at radius 2 is 1.74 bits per heavy atom. The molecule has 4 nitrogen and oxygen atoms in total. The lowest BCUT2D eigenvalue weighted by molar-refractivity contribution is -0.121. The van der Waals surface area contributed by atoms with Crippen LogP contribution < -0.4 is 5.32 Å². The van der Waals surface area contributed by atoms with Crippen molar-refractivity contribution in [2.45, 2.75) is 20.0 Å². The summed E-state index contributed by atoms with van der Waals surface area (Å²) in [6, 6.07) is 24.5. The first-order valence-corrected chi connectivity index (χ1v) is 9.01. The highest BCUT2D eigenvalue weighted by Crippen LogP contribution is 2.21. The molecule has 0 aliphatic rings. The molecule has 1 amide bonds. The van der Waals surface area contributed by atoms with Gasteiger partial charge in [0.2, 0.25) is 5.91 Å². The number of hydrogen-bond acceptors (Lipinski definition) is 2. The first-order valence-electron chi connectivity index (χ1n) is 9.01. The van der Waals surface area contributed by atoms with E-state index in [2.05, 4.69) is 53.6 Å². The highest BCUT2D eigenvalue weighted by atomic mass is 16.1. The predicted molar refractivity (Wildman–Crippen MR) is 108 cm³/mol. The van der Waals surface area contributed by atoms with Crippen molar-refractivity contribution in [3.63, 3.8) is 0 Å². The summed E-state index contributed by atoms with van der Waals surface area (Å²) in [7, 11) is 0. The van der Waals surface area contributed by atoms with E-state index in [0.717, 1.165) is 22.2 Å². The number of benzene rings is 3. The number of imidazole rings is 1. The number of carbonyl (C=O) groups excluding carboxylic acids is 1. The van der Waals surface area contributed by atoms with Crippen LogP contribution in [0.4, 0.5) is 0 Å². The number of fused-ring (bicyclic) bond motifs is 1. The third-order valence-electron chi connectivity index (χ3n) is 4.61. The lowest BCUT2D eigenvalue weighted by Gasteiger charge is -2.09. The van der Waals surface area contributed by atoms with Crippen molar-refractivity contribution in [1.29, 1.82) is 0 Å². The molecule has 0 fully saturated rings. The Bertz CT molecular complexity index is 1100. The largest absolute Gasteiger partial charge is 0.350 e. The van der Waals surface area contributed by atoms with E-state index in [0.29, 0.717) is 6.54 Å². The molecule has 0 unspecified atom stereocenters. The summed E-state index contributed by atoms with van der Waals surface area (Å²) in [6.07, 6.45) is 1.71. The topological polar surface area (TPSA) is 46.9 Å². The van der Waals surface area contributed by atoms with E-state index < -0.39 is 0 Å². The third kappa shape index (κ3) is 3.90. The molecule has 3 aromatic carbocycles. The van der Waals surface area contributed by atoms with Crippen LogP contribution in [0.2, 0.25) is 0 Å². The molecule has 1 N–H and O–H groups in total. The predicted octanol–water partition coefficient (Wildman–Crippen LogP) is 4.33. The van der Waals surface area contributed by atoms with Gasteiger partial charge in [-0.3, -0.25) is 4.79 Å². The van der Waals surface area contributed by atoms with E-state index in [4.69, 9.17) is 0 Å². The number of aryl methyl sites for hydroxylation is 1. The lowest BCUT2D eigenvalue weighted by Crippen LogP contribution is -2.26. The first-order chi connectivity index (χ1) is 13.2. The maximum Gasteiger partial charge on any atom is 0.240 e. The Morgan fingerprint density at radius 3 is 2.59 bits per heavy atom. The number of carbonyl (C=O) groups is 1. The quantitative estimate of drug-likeness (QED) is 0.579. The van der Waals surface area contributed by atoms with Crippen LogP contribution in [0.5, 0.6) is 0 Å². The van der Waals surface area contributed by atoms with Crippen molar-refractivity contribution in [3.8, 4) is 11.1 Å². The van der Waals surface area contributed by atoms with Crippen molar-refractivity contribution in [3.05, 3.63) is 90.3 Å². The number of nitrogens with one attached hydrogen (secondary N) is 1. The number of rotatable bonds is 5. The molecule has 1 heterocycles. The van der Waals surface area contributed by atoms with Gasteiger partial charge in [-0.15, -0.1) is 0 Å². The van der Waals surface area contributed by atoms with Crippen LogP contribution in [-0.4, -0.2) is 15.5 Å². The van der Waals surface area contributed by atoms with E-state index in [1.54, 1.807) is 6.33 Å². The highest BCUT2D eigenvalue weighted by molar-refractivity contribution is 5.80. The molecule has 4 heteroatoms. The minimum atomic E-state index is -0.0286. The Kier molecular flexibility index (Phi) is 4.71. The summed E-state index contributed by atoms with van der Waals surface area (Å²) in [5.41, 5.74) is 6.53. The first kappa shape index (κ1) is 17.0. The zero-order valence-corrected chi connectivity index (χ0v) is 15.2. The van der Waals surface area contributed by atoms with Crippen molar-refractivity contribution >= 4 is 16.9 Å². The lowest BCUT2D eigenvalue weighted by atomic mass is 10.0. The number of para-hydroxylation sites is 2. The van der Waals surface area contributed by atoms with Gasteiger partial charge in [0.05, 0.1) is 17.4 Å². The van der Waals surface area contributed by atoms with Crippen LogP contribution in [0, 0.1) is 6.92 Å². The van der Waals surface area contributed by atoms with Gasteiger partial charge in [0.1, 0.15) is 6.54 Å². The summed E-state index contributed by atoms with van der Waals surface area (Å²) in [5, 5.41) is 3.00. The zero-order chi connectivity index (χ0) is 18.6. The smallest absolute Gasteiger partial charge is 0.240 e. The zero-order valence-electron chi connectivity index (χ0n) is 15.2. The Balaban J connectivity index is 1.43. The van der Waals surface area contributed by atoms with Gasteiger partial charge in [0, 0.05) is 6.54 Å². The number of amides is 1. The normalized spacial score (nSPS) is 10.9. The molecule has 0 aliphatic carbocycles. The van der Waals surface area contributed by atoms with Crippen molar-refractivity contribution in [1.82, 2.24) is 14.9 Å². The van der Waals surface area contributed by atoms with Crippen LogP contribution >= 0.6 is 0 Å². The van der Waals surface area contributed by atoms with Gasteiger partial charge in [-0.25, -0.2) is 4.98 Å². The SMILES string of the molecule is Cc1cccc(-c2cccc(CNC(=O)Cn3cnc4ccccc43)c2)c1. The fraction of sp³-hybridized carbons (Fsp3) is 0.130. The molecule has 0 radical (unpaired) electrons. The molecular formula is C23H21N3O. The summed E-state index contributed by atoms with van der Waals surface area (Å²) < 4.78 is 1.87. The average Bonchev–Trinajstić information content (AvgIpc) is 3.10. The van der Waals surface area contributed by atoms with Crippen LogP contribution in [0.15, 0.2) is 79.1 Å². The Labute approximate surface area is 158 Å². The summed E-state index contributed by atoms with van der Waals surface area (Å²) in [5.74, 6) is -0.0286. The molecule has 0 aliphatic heterocycles. The van der Waals surface area contributed by atoms with Crippen molar-refractivity contribution < 1.29 is 4.79 Å². The van der Waals surface area contributed by atoms with Crippen molar-refractivity contribution in [2.75, 3.05) is 0 Å². The molecule has 134 valence electrons. The number of hydrogen-bond donors (Lipinski definition) is 1. The van der Waals surface area contributed by atoms with Gasteiger partial charge in [-0.1, -0.05) is 60.2 Å². The summed E-state index contributed by atoms with van der Waals surface area (Å²) in [6.45, 7) is 2.86. The highest BCUT2D eigenvalue weighted by Gasteiger charge is 2.07. The molecule has 27 heavy (non-hydrogen) atoms. The minimum Gasteiger partial charge on any atom is -0.350 e. The fourth-order valence-electron chi connectivity index (χ4n) is 3.23. The van der Waals surface area contributed by atoms with E-state index in [1.807, 2.05) is 41.0 Å². The molecular weight excluding hydrogens is 334 g/mol. The Morgan fingerprint density at radius 1 is 0.963 bits per heavy atom. The monoisotopic (exact) mass is 355 g/mol. The van der Waals surface area contributed by atoms with Crippen LogP contribution in [0.25, 0.3) is 22.2 Å². The van der Waals surface area contributed by atoms with Gasteiger partial charge in [0.15, 0.2) is 0 Å². The van der Waals surface area contributed by atoms with Crippen LogP contribution in [0.3, 0.4) is 0 Å². The standard InChI is InChI=1S/C23H21N3O/c1-17-6-4-8-19(12-17)20-9-5-7-18(13-20)14-24-23(27)15-26-16-25-21-10-2-3-11-22(21)26/h2-13,16H,14-15H2,1H3,(H,24,27). The molecule has 4 aromatic rings. The average molecular weight is 355 g/mol. The molecule has 1 aromatic heterocycles. The summed E-state index contributed by atoms with van der Waals surface area (Å²) in [4.78, 5) is 16.7. The third-order valence-corrected chi connectivity index (χ3v) is 4.61. The second-order valence-corrected chi connectivity index (χ2v) is 6.71. The molecule has 0 atom stereocenters. The second-order valence-electron chi connectivity index (χ2n) is 6.71. The number of nitrogens with zero attached hydrogens (tertiary/aromatic N) is 2. The molecule has 0 bridgehead atoms. The van der Waals surface area contributed by atoms with Gasteiger partial charge in [0.25, 0.3) is 0 Å². The van der Waals surface area contributed by atoms with Crippen molar-refractivity contribution in [2.24, 2.45) is 0 Å². The second kappa shape index (κ2) is 7.46. The maximum absolute atomic E-state index is 12.4. The molecule has 0 saturated heterocycles. The molecule has 4 rings (SSSR count). The maximum atomic E-state index is 12.4. The number of aromatic nitrogens is 2. The summed E-state index contributed by atoms with van der Waals surface area (Å²) >= 11 is 0. The minimum absolute atomic E-state index is 0.0286. The van der Waals surface area contributed by atoms with Crippen LogP contribution in [-0.2, 0) is 17.9 Å². The van der Waals surface area contributed by atoms with E-state index in [1.165, 1.54) is 11.1 Å². The van der Waals surface area contributed by atoms with E-state index in [-0.39, 0.29) is 12.5 Å². The molecule has 0 saturated carbocycles. The van der Waals surface area contributed by atoms with E-state index in [9.17, 15) is 4.79 Å². The fourth-order valence-corrected chi connectivity index (χ4v) is 3.23. The van der Waals surface area contributed by atoms with Gasteiger partial charge in [-0.2, -0.15) is 0 Å². The molecule has 0 spiro atoms. The van der Waals surface area contributed by atoms with Gasteiger partial charge >= 0.3 is 0 Å². The van der Waals surface area contributed by atoms with Gasteiger partial charge in [-0.05, 0) is 41.8 Å². The Hall–Kier alpha value is -3.40. The van der Waals surface area contributed by atoms with E-state index >= 15 is 0 Å².